The number of methoxy groups -OCH3 is 1. The third kappa shape index (κ3) is 3.69. The quantitative estimate of drug-likeness (QED) is 0.784. The van der Waals surface area contributed by atoms with E-state index < -0.39 is 0 Å². The van der Waals surface area contributed by atoms with Crippen LogP contribution in [0.2, 0.25) is 0 Å². The van der Waals surface area contributed by atoms with Crippen molar-refractivity contribution in [1.82, 2.24) is 4.57 Å². The van der Waals surface area contributed by atoms with Crippen LogP contribution in [0.3, 0.4) is 0 Å². The minimum atomic E-state index is -0.169. The molecule has 1 fully saturated rings. The molecule has 5 heteroatoms. The molecule has 0 bridgehead atoms. The summed E-state index contributed by atoms with van der Waals surface area (Å²) in [6, 6.07) is 4.13. The Morgan fingerprint density at radius 2 is 1.95 bits per heavy atom. The SMILES string of the molecule is COCCCn1c(C)cc(N2CCCCCC2)c(C#N)c1=O. The molecular formula is C17H25N3O2. The molecular weight excluding hydrogens is 278 g/mol. The number of hydrogen-bond acceptors (Lipinski definition) is 4. The first-order chi connectivity index (χ1) is 10.7. The van der Waals surface area contributed by atoms with Crippen LogP contribution in [0.4, 0.5) is 5.69 Å². The minimum absolute atomic E-state index is 0.169. The van der Waals surface area contributed by atoms with Crippen molar-refractivity contribution in [3.63, 3.8) is 0 Å². The zero-order valence-electron chi connectivity index (χ0n) is 13.6. The topological polar surface area (TPSA) is 58.3 Å². The molecule has 0 unspecified atom stereocenters. The molecule has 2 rings (SSSR count). The average Bonchev–Trinajstić information content (AvgIpc) is 2.79. The third-order valence-electron chi connectivity index (χ3n) is 4.28. The summed E-state index contributed by atoms with van der Waals surface area (Å²) in [6.07, 6.45) is 5.48. The van der Waals surface area contributed by atoms with Crippen LogP contribution in [0.15, 0.2) is 10.9 Å². The lowest BCUT2D eigenvalue weighted by molar-refractivity contribution is 0.189. The van der Waals surface area contributed by atoms with Crippen LogP contribution in [-0.4, -0.2) is 31.4 Å². The van der Waals surface area contributed by atoms with E-state index in [1.54, 1.807) is 11.7 Å². The van der Waals surface area contributed by atoms with E-state index in [9.17, 15) is 10.1 Å². The summed E-state index contributed by atoms with van der Waals surface area (Å²) in [6.45, 7) is 5.01. The van der Waals surface area contributed by atoms with Gasteiger partial charge in [0.1, 0.15) is 11.6 Å². The molecule has 22 heavy (non-hydrogen) atoms. The van der Waals surface area contributed by atoms with Crippen molar-refractivity contribution in [2.75, 3.05) is 31.7 Å². The van der Waals surface area contributed by atoms with E-state index in [2.05, 4.69) is 11.0 Å². The van der Waals surface area contributed by atoms with Crippen LogP contribution in [-0.2, 0) is 11.3 Å². The maximum Gasteiger partial charge on any atom is 0.270 e. The molecule has 1 aromatic heterocycles. The van der Waals surface area contributed by atoms with Crippen molar-refractivity contribution >= 4 is 5.69 Å². The van der Waals surface area contributed by atoms with Crippen LogP contribution in [0.25, 0.3) is 0 Å². The summed E-state index contributed by atoms with van der Waals surface area (Å²) in [4.78, 5) is 14.8. The molecule has 0 saturated carbocycles. The highest BCUT2D eigenvalue weighted by molar-refractivity contribution is 5.59. The maximum absolute atomic E-state index is 12.6. The van der Waals surface area contributed by atoms with E-state index in [-0.39, 0.29) is 11.1 Å². The summed E-state index contributed by atoms with van der Waals surface area (Å²) in [5, 5.41) is 9.47. The lowest BCUT2D eigenvalue weighted by Crippen LogP contribution is -2.31. The van der Waals surface area contributed by atoms with Gasteiger partial charge in [0, 0.05) is 39.0 Å². The van der Waals surface area contributed by atoms with Crippen LogP contribution < -0.4 is 10.5 Å². The molecule has 0 radical (unpaired) electrons. The van der Waals surface area contributed by atoms with Gasteiger partial charge in [-0.25, -0.2) is 0 Å². The summed E-state index contributed by atoms with van der Waals surface area (Å²) in [5.74, 6) is 0. The monoisotopic (exact) mass is 303 g/mol. The van der Waals surface area contributed by atoms with Gasteiger partial charge in [0.2, 0.25) is 0 Å². The van der Waals surface area contributed by atoms with E-state index in [4.69, 9.17) is 4.74 Å². The third-order valence-corrected chi connectivity index (χ3v) is 4.28. The number of rotatable bonds is 5. The summed E-state index contributed by atoms with van der Waals surface area (Å²) in [5.41, 5.74) is 1.84. The largest absolute Gasteiger partial charge is 0.385 e. The van der Waals surface area contributed by atoms with Crippen LogP contribution in [0, 0.1) is 18.3 Å². The standard InChI is InChI=1S/C17H25N3O2/c1-14-12-16(19-8-5-3-4-6-9-19)15(13-18)17(21)20(14)10-7-11-22-2/h12H,3-11H2,1-2H3. The molecule has 2 heterocycles. The Morgan fingerprint density at radius 1 is 1.27 bits per heavy atom. The second kappa shape index (κ2) is 8.00. The number of nitriles is 1. The zero-order valence-corrected chi connectivity index (χ0v) is 13.6. The van der Waals surface area contributed by atoms with Crippen LogP contribution in [0.5, 0.6) is 0 Å². The number of aryl methyl sites for hydroxylation is 1. The Bertz CT molecular complexity index is 593. The van der Waals surface area contributed by atoms with Crippen LogP contribution in [0.1, 0.15) is 43.4 Å². The summed E-state index contributed by atoms with van der Waals surface area (Å²) >= 11 is 0. The van der Waals surface area contributed by atoms with Gasteiger partial charge in [-0.2, -0.15) is 5.26 Å². The zero-order chi connectivity index (χ0) is 15.9. The lowest BCUT2D eigenvalue weighted by Gasteiger charge is -2.25. The first kappa shape index (κ1) is 16.6. The Labute approximate surface area is 132 Å². The normalized spacial score (nSPS) is 15.4. The second-order valence-corrected chi connectivity index (χ2v) is 5.86. The molecule has 0 aliphatic carbocycles. The fourth-order valence-electron chi connectivity index (χ4n) is 3.06. The summed E-state index contributed by atoms with van der Waals surface area (Å²) < 4.78 is 6.74. The molecule has 0 aromatic carbocycles. The van der Waals surface area contributed by atoms with Gasteiger partial charge < -0.3 is 14.2 Å². The van der Waals surface area contributed by atoms with Gasteiger partial charge in [-0.05, 0) is 32.3 Å². The molecule has 5 nitrogen and oxygen atoms in total. The minimum Gasteiger partial charge on any atom is -0.385 e. The van der Waals surface area contributed by atoms with Gasteiger partial charge in [-0.15, -0.1) is 0 Å². The van der Waals surface area contributed by atoms with Crippen molar-refractivity contribution in [3.05, 3.63) is 27.7 Å². The van der Waals surface area contributed by atoms with Crippen molar-refractivity contribution in [3.8, 4) is 6.07 Å². The highest BCUT2D eigenvalue weighted by Crippen LogP contribution is 2.22. The Balaban J connectivity index is 2.35. The first-order valence-electron chi connectivity index (χ1n) is 8.07. The van der Waals surface area contributed by atoms with Gasteiger partial charge in [-0.3, -0.25) is 4.79 Å². The molecule has 1 saturated heterocycles. The smallest absolute Gasteiger partial charge is 0.270 e. The fourth-order valence-corrected chi connectivity index (χ4v) is 3.06. The lowest BCUT2D eigenvalue weighted by atomic mass is 10.1. The van der Waals surface area contributed by atoms with E-state index in [0.717, 1.165) is 43.7 Å². The molecule has 120 valence electrons. The van der Waals surface area contributed by atoms with E-state index in [0.29, 0.717) is 13.2 Å². The van der Waals surface area contributed by atoms with Crippen molar-refractivity contribution in [1.29, 1.82) is 5.26 Å². The maximum atomic E-state index is 12.6. The average molecular weight is 303 g/mol. The second-order valence-electron chi connectivity index (χ2n) is 5.86. The van der Waals surface area contributed by atoms with E-state index >= 15 is 0 Å². The van der Waals surface area contributed by atoms with Gasteiger partial charge in [0.05, 0.1) is 5.69 Å². The molecule has 0 amide bonds. The Hall–Kier alpha value is -1.80. The molecule has 1 aliphatic rings. The highest BCUT2D eigenvalue weighted by Gasteiger charge is 2.18. The Morgan fingerprint density at radius 3 is 2.55 bits per heavy atom. The van der Waals surface area contributed by atoms with Crippen molar-refractivity contribution in [2.24, 2.45) is 0 Å². The number of anilines is 1. The number of hydrogen-bond donors (Lipinski definition) is 0. The molecule has 1 aromatic rings. The molecule has 0 N–H and O–H groups in total. The number of pyridine rings is 1. The van der Waals surface area contributed by atoms with Gasteiger partial charge >= 0.3 is 0 Å². The molecule has 1 aliphatic heterocycles. The van der Waals surface area contributed by atoms with Gasteiger partial charge in [0.25, 0.3) is 5.56 Å². The van der Waals surface area contributed by atoms with E-state index in [1.807, 2.05) is 13.0 Å². The van der Waals surface area contributed by atoms with Crippen molar-refractivity contribution < 1.29 is 4.74 Å². The number of ether oxygens (including phenoxy) is 1. The van der Waals surface area contributed by atoms with Gasteiger partial charge in [0.15, 0.2) is 0 Å². The highest BCUT2D eigenvalue weighted by atomic mass is 16.5. The first-order valence-corrected chi connectivity index (χ1v) is 8.07. The number of nitrogens with zero attached hydrogens (tertiary/aromatic N) is 3. The predicted molar refractivity (Wildman–Crippen MR) is 87.3 cm³/mol. The molecule has 0 spiro atoms. The summed E-state index contributed by atoms with van der Waals surface area (Å²) in [7, 11) is 1.65. The molecule has 0 atom stereocenters. The Kier molecular flexibility index (Phi) is 6.02. The fraction of sp³-hybridized carbons (Fsp3) is 0.647. The van der Waals surface area contributed by atoms with Crippen molar-refractivity contribution in [2.45, 2.75) is 45.6 Å². The van der Waals surface area contributed by atoms with Gasteiger partial charge in [-0.1, -0.05) is 12.8 Å². The number of aromatic nitrogens is 1. The predicted octanol–water partition coefficient (Wildman–Crippen LogP) is 2.45. The van der Waals surface area contributed by atoms with E-state index in [1.165, 1.54) is 12.8 Å². The van der Waals surface area contributed by atoms with Crippen LogP contribution >= 0.6 is 0 Å².